The van der Waals surface area contributed by atoms with Crippen molar-refractivity contribution in [2.75, 3.05) is 43.4 Å². The summed E-state index contributed by atoms with van der Waals surface area (Å²) in [6.45, 7) is 4.93. The van der Waals surface area contributed by atoms with Gasteiger partial charge in [-0.05, 0) is 34.2 Å². The van der Waals surface area contributed by atoms with Gasteiger partial charge in [-0.2, -0.15) is 9.64 Å². The number of para-hydroxylation sites is 1. The molecule has 2 heterocycles. The second kappa shape index (κ2) is 8.45. The molecule has 5 nitrogen and oxygen atoms in total. The summed E-state index contributed by atoms with van der Waals surface area (Å²) in [6, 6.07) is 10.0. The molecule has 0 unspecified atom stereocenters. The van der Waals surface area contributed by atoms with E-state index in [9.17, 15) is 0 Å². The minimum Gasteiger partial charge on any atom is -0.351 e. The molecule has 1 saturated heterocycles. The van der Waals surface area contributed by atoms with Gasteiger partial charge in [0.2, 0.25) is 0 Å². The zero-order valence-corrected chi connectivity index (χ0v) is 15.0. The molecule has 1 aliphatic rings. The molecule has 23 heavy (non-hydrogen) atoms. The highest BCUT2D eigenvalue weighted by atomic mass is 32.9. The highest BCUT2D eigenvalue weighted by Gasteiger charge is 2.19. The van der Waals surface area contributed by atoms with E-state index in [0.717, 1.165) is 54.7 Å². The average molecular weight is 364 g/mol. The molecule has 0 saturated carbocycles. The third-order valence-electron chi connectivity index (χ3n) is 3.66. The van der Waals surface area contributed by atoms with Gasteiger partial charge in [-0.1, -0.05) is 18.2 Å². The Morgan fingerprint density at radius 2 is 2.00 bits per heavy atom. The standard InChI is InChI=1S/C15H17N5S3/c16-12-21-11-10-19-6-8-20(9-7-19)14-15(22-23-18-14)17-13-4-2-1-3-5-13/h1-5H,6-11H2. The summed E-state index contributed by atoms with van der Waals surface area (Å²) in [5.74, 6) is 1.89. The molecule has 8 heteroatoms. The third-order valence-corrected chi connectivity index (χ3v) is 5.85. The van der Waals surface area contributed by atoms with Gasteiger partial charge in [0.15, 0.2) is 10.5 Å². The maximum atomic E-state index is 8.58. The van der Waals surface area contributed by atoms with Gasteiger partial charge in [-0.15, -0.1) is 0 Å². The fourth-order valence-electron chi connectivity index (χ4n) is 2.45. The second-order valence-corrected chi connectivity index (χ2v) is 7.81. The molecule has 0 spiro atoms. The van der Waals surface area contributed by atoms with Gasteiger partial charge < -0.3 is 4.90 Å². The normalized spacial score (nSPS) is 16.5. The zero-order valence-electron chi connectivity index (χ0n) is 12.6. The van der Waals surface area contributed by atoms with E-state index in [1.165, 1.54) is 22.3 Å². The summed E-state index contributed by atoms with van der Waals surface area (Å²) in [4.78, 5) is 9.46. The number of benzene rings is 1. The lowest BCUT2D eigenvalue weighted by Gasteiger charge is -2.34. The predicted molar refractivity (Wildman–Crippen MR) is 98.4 cm³/mol. The van der Waals surface area contributed by atoms with Crippen LogP contribution in [0.15, 0.2) is 35.3 Å². The summed E-state index contributed by atoms with van der Waals surface area (Å²) in [5.41, 5.74) is 0.970. The minimum atomic E-state index is 0.879. The van der Waals surface area contributed by atoms with Crippen molar-refractivity contribution in [3.05, 3.63) is 35.0 Å². The number of rotatable bonds is 5. The van der Waals surface area contributed by atoms with Crippen molar-refractivity contribution < 1.29 is 0 Å². The number of aromatic nitrogens is 1. The molecule has 3 rings (SSSR count). The van der Waals surface area contributed by atoms with Crippen molar-refractivity contribution in [1.82, 2.24) is 9.27 Å². The summed E-state index contributed by atoms with van der Waals surface area (Å²) in [7, 11) is 3.12. The van der Waals surface area contributed by atoms with E-state index >= 15 is 0 Å². The number of hydrogen-bond acceptors (Lipinski definition) is 8. The zero-order chi connectivity index (χ0) is 15.9. The lowest BCUT2D eigenvalue weighted by atomic mass is 10.3. The Bertz CT molecular complexity index is 710. The molecule has 0 atom stereocenters. The Morgan fingerprint density at radius 3 is 2.74 bits per heavy atom. The summed E-state index contributed by atoms with van der Waals surface area (Å²) >= 11 is 1.33. The van der Waals surface area contributed by atoms with E-state index in [4.69, 9.17) is 10.3 Å². The van der Waals surface area contributed by atoms with Crippen LogP contribution in [0.3, 0.4) is 0 Å². The van der Waals surface area contributed by atoms with Crippen molar-refractivity contribution in [1.29, 1.82) is 5.26 Å². The van der Waals surface area contributed by atoms with Crippen molar-refractivity contribution in [2.45, 2.75) is 0 Å². The van der Waals surface area contributed by atoms with Gasteiger partial charge in [0.05, 0.1) is 5.69 Å². The molecule has 1 fully saturated rings. The summed E-state index contributed by atoms with van der Waals surface area (Å²) in [6.07, 6.45) is 0. The van der Waals surface area contributed by atoms with Crippen LogP contribution in [0.25, 0.3) is 0 Å². The topological polar surface area (TPSA) is 55.5 Å². The highest BCUT2D eigenvalue weighted by molar-refractivity contribution is 8.03. The smallest absolute Gasteiger partial charge is 0.179 e. The van der Waals surface area contributed by atoms with Crippen molar-refractivity contribution in [3.63, 3.8) is 0 Å². The monoisotopic (exact) mass is 363 g/mol. The van der Waals surface area contributed by atoms with E-state index in [1.807, 2.05) is 30.3 Å². The number of thioether (sulfide) groups is 1. The Morgan fingerprint density at radius 1 is 1.22 bits per heavy atom. The van der Waals surface area contributed by atoms with Crippen molar-refractivity contribution in [3.8, 4) is 5.40 Å². The van der Waals surface area contributed by atoms with Crippen LogP contribution in [0, 0.1) is 10.7 Å². The first-order valence-corrected chi connectivity index (χ1v) is 10.5. The molecule has 0 amide bonds. The van der Waals surface area contributed by atoms with Gasteiger partial charge >= 0.3 is 0 Å². The molecule has 0 aliphatic carbocycles. The Labute approximate surface area is 147 Å². The lowest BCUT2D eigenvalue weighted by Crippen LogP contribution is -2.48. The van der Waals surface area contributed by atoms with Crippen LogP contribution in [0.1, 0.15) is 0 Å². The fourth-order valence-corrected chi connectivity index (χ4v) is 4.59. The molecular weight excluding hydrogens is 346 g/mol. The molecule has 0 N–H and O–H groups in total. The first-order chi connectivity index (χ1) is 11.4. The lowest BCUT2D eigenvalue weighted by molar-refractivity contribution is 0.273. The third kappa shape index (κ3) is 4.54. The fraction of sp³-hybridized carbons (Fsp3) is 0.400. The Kier molecular flexibility index (Phi) is 6.05. The number of piperazine rings is 1. The summed E-state index contributed by atoms with van der Waals surface area (Å²) < 4.78 is 5.56. The molecule has 0 bridgehead atoms. The molecule has 1 aliphatic heterocycles. The molecule has 2 aromatic rings. The largest absolute Gasteiger partial charge is 0.351 e. The van der Waals surface area contributed by atoms with Crippen LogP contribution >= 0.6 is 32.6 Å². The van der Waals surface area contributed by atoms with Crippen LogP contribution in [-0.4, -0.2) is 47.8 Å². The first kappa shape index (κ1) is 16.5. The van der Waals surface area contributed by atoms with Crippen LogP contribution < -0.4 is 9.57 Å². The number of anilines is 1. The molecular formula is C15H17N5S3. The Balaban J connectivity index is 1.65. The second-order valence-electron chi connectivity index (χ2n) is 5.09. The predicted octanol–water partition coefficient (Wildman–Crippen LogP) is 2.77. The van der Waals surface area contributed by atoms with Crippen LogP contribution in [0.4, 0.5) is 11.5 Å². The maximum Gasteiger partial charge on any atom is 0.179 e. The van der Waals surface area contributed by atoms with Crippen LogP contribution in [0.5, 0.6) is 0 Å². The van der Waals surface area contributed by atoms with E-state index < -0.39 is 0 Å². The minimum absolute atomic E-state index is 0.879. The van der Waals surface area contributed by atoms with E-state index in [2.05, 4.69) is 19.6 Å². The molecule has 0 radical (unpaired) electrons. The molecule has 1 aromatic heterocycles. The quantitative estimate of drug-likeness (QED) is 0.464. The molecule has 1 aromatic carbocycles. The Hall–Kier alpha value is -1.40. The highest BCUT2D eigenvalue weighted by Crippen LogP contribution is 2.17. The van der Waals surface area contributed by atoms with Crippen LogP contribution in [0.2, 0.25) is 0 Å². The molecule has 120 valence electrons. The number of nitrogens with zero attached hydrogens (tertiary/aromatic N) is 5. The first-order valence-electron chi connectivity index (χ1n) is 7.41. The van der Waals surface area contributed by atoms with Gasteiger partial charge in [0.1, 0.15) is 5.40 Å². The van der Waals surface area contributed by atoms with E-state index in [1.54, 1.807) is 10.3 Å². The van der Waals surface area contributed by atoms with Gasteiger partial charge in [0.25, 0.3) is 0 Å². The van der Waals surface area contributed by atoms with Gasteiger partial charge in [-0.3, -0.25) is 4.90 Å². The number of thiocyanates is 1. The van der Waals surface area contributed by atoms with Gasteiger partial charge in [-0.25, -0.2) is 4.99 Å². The van der Waals surface area contributed by atoms with E-state index in [0.29, 0.717) is 0 Å². The number of hydrogen-bond donors (Lipinski definition) is 0. The summed E-state index contributed by atoms with van der Waals surface area (Å²) in [5, 5.41) is 10.7. The average Bonchev–Trinajstić information content (AvgIpc) is 3.05. The van der Waals surface area contributed by atoms with Crippen molar-refractivity contribution >= 4 is 44.1 Å². The number of nitriles is 1. The van der Waals surface area contributed by atoms with Crippen LogP contribution in [-0.2, 0) is 0 Å². The maximum absolute atomic E-state index is 8.58. The van der Waals surface area contributed by atoms with Crippen molar-refractivity contribution in [2.24, 2.45) is 4.99 Å². The van der Waals surface area contributed by atoms with E-state index in [-0.39, 0.29) is 0 Å². The van der Waals surface area contributed by atoms with Gasteiger partial charge in [0, 0.05) is 49.0 Å². The SMILES string of the molecule is N#CSCCN1CCN(c2nssc2=Nc2ccccc2)CC1.